The van der Waals surface area contributed by atoms with Crippen molar-refractivity contribution in [2.24, 2.45) is 0 Å². The minimum Gasteiger partial charge on any atom is -0.477 e. The van der Waals surface area contributed by atoms with Crippen molar-refractivity contribution in [3.8, 4) is 10.6 Å². The Balaban J connectivity index is 2.50. The van der Waals surface area contributed by atoms with Crippen molar-refractivity contribution in [3.63, 3.8) is 0 Å². The number of benzene rings is 1. The first-order valence-corrected chi connectivity index (χ1v) is 6.43. The molecule has 0 aliphatic carbocycles. The van der Waals surface area contributed by atoms with Gasteiger partial charge in [0.1, 0.15) is 15.7 Å². The van der Waals surface area contributed by atoms with Crippen LogP contribution < -0.4 is 0 Å². The first-order chi connectivity index (χ1) is 8.63. The maximum Gasteiger partial charge on any atom is 0.347 e. The van der Waals surface area contributed by atoms with Gasteiger partial charge in [0.05, 0.1) is 5.69 Å². The van der Waals surface area contributed by atoms with Crippen LogP contribution in [0.1, 0.15) is 28.7 Å². The van der Waals surface area contributed by atoms with E-state index < -0.39 is 5.97 Å². The number of halogens is 1. The highest BCUT2D eigenvalue weighted by molar-refractivity contribution is 7.17. The summed E-state index contributed by atoms with van der Waals surface area (Å²) in [7, 11) is 0. The first-order valence-electron chi connectivity index (χ1n) is 5.61. The molecule has 0 radical (unpaired) electrons. The van der Waals surface area contributed by atoms with E-state index in [9.17, 15) is 9.18 Å². The second-order valence-corrected chi connectivity index (χ2v) is 4.83. The van der Waals surface area contributed by atoms with Gasteiger partial charge in [0.25, 0.3) is 0 Å². The molecule has 1 aromatic carbocycles. The molecule has 0 bridgehead atoms. The predicted octanol–water partition coefficient (Wildman–Crippen LogP) is 3.60. The molecule has 1 aromatic heterocycles. The number of nitrogens with zero attached hydrogens (tertiary/aromatic N) is 1. The Kier molecular flexibility index (Phi) is 3.72. The third kappa shape index (κ3) is 2.41. The summed E-state index contributed by atoms with van der Waals surface area (Å²) >= 11 is 1.02. The van der Waals surface area contributed by atoms with Crippen LogP contribution in [0.4, 0.5) is 4.39 Å². The van der Waals surface area contributed by atoms with E-state index in [0.717, 1.165) is 17.8 Å². The summed E-state index contributed by atoms with van der Waals surface area (Å²) in [5.74, 6) is -1.38. The lowest BCUT2D eigenvalue weighted by Crippen LogP contribution is -1.98. The lowest BCUT2D eigenvalue weighted by Gasteiger charge is -1.96. The summed E-state index contributed by atoms with van der Waals surface area (Å²) in [4.78, 5) is 15.6. The molecule has 0 spiro atoms. The summed E-state index contributed by atoms with van der Waals surface area (Å²) in [6.07, 6.45) is 1.40. The van der Waals surface area contributed by atoms with E-state index in [0.29, 0.717) is 22.7 Å². The van der Waals surface area contributed by atoms with Crippen LogP contribution in [0.15, 0.2) is 24.3 Å². The van der Waals surface area contributed by atoms with Crippen LogP contribution >= 0.6 is 11.3 Å². The van der Waals surface area contributed by atoms with Gasteiger partial charge < -0.3 is 5.11 Å². The lowest BCUT2D eigenvalue weighted by atomic mass is 10.2. The van der Waals surface area contributed by atoms with Crippen molar-refractivity contribution in [1.82, 2.24) is 4.98 Å². The lowest BCUT2D eigenvalue weighted by molar-refractivity contribution is 0.0700. The molecule has 1 heterocycles. The second kappa shape index (κ2) is 5.27. The maximum atomic E-state index is 13.6. The zero-order valence-electron chi connectivity index (χ0n) is 9.81. The Morgan fingerprint density at radius 3 is 2.78 bits per heavy atom. The van der Waals surface area contributed by atoms with Gasteiger partial charge in [-0.3, -0.25) is 0 Å². The normalized spacial score (nSPS) is 10.6. The van der Waals surface area contributed by atoms with Gasteiger partial charge in [-0.15, -0.1) is 11.3 Å². The molecule has 94 valence electrons. The Labute approximate surface area is 108 Å². The fourth-order valence-electron chi connectivity index (χ4n) is 1.67. The first kappa shape index (κ1) is 12.7. The largest absolute Gasteiger partial charge is 0.477 e. The maximum absolute atomic E-state index is 13.6. The zero-order valence-corrected chi connectivity index (χ0v) is 10.6. The van der Waals surface area contributed by atoms with Crippen LogP contribution in [-0.2, 0) is 6.42 Å². The van der Waals surface area contributed by atoms with Crippen molar-refractivity contribution >= 4 is 17.3 Å². The molecule has 0 saturated carbocycles. The van der Waals surface area contributed by atoms with Crippen LogP contribution in [0.3, 0.4) is 0 Å². The molecule has 5 heteroatoms. The van der Waals surface area contributed by atoms with E-state index in [4.69, 9.17) is 5.11 Å². The smallest absolute Gasteiger partial charge is 0.347 e. The van der Waals surface area contributed by atoms with E-state index in [-0.39, 0.29) is 10.7 Å². The highest BCUT2D eigenvalue weighted by Gasteiger charge is 2.18. The fourth-order valence-corrected chi connectivity index (χ4v) is 2.65. The van der Waals surface area contributed by atoms with Crippen LogP contribution in [0.5, 0.6) is 0 Å². The molecule has 0 fully saturated rings. The molecule has 0 aliphatic heterocycles. The van der Waals surface area contributed by atoms with E-state index >= 15 is 0 Å². The van der Waals surface area contributed by atoms with Gasteiger partial charge in [0.2, 0.25) is 0 Å². The van der Waals surface area contributed by atoms with Gasteiger partial charge in [0.15, 0.2) is 0 Å². The third-order valence-corrected chi connectivity index (χ3v) is 3.60. The van der Waals surface area contributed by atoms with E-state index in [1.807, 2.05) is 6.92 Å². The molecule has 3 nitrogen and oxygen atoms in total. The topological polar surface area (TPSA) is 50.2 Å². The Bertz CT molecular complexity index is 580. The zero-order chi connectivity index (χ0) is 13.1. The average Bonchev–Trinajstić information content (AvgIpc) is 2.74. The van der Waals surface area contributed by atoms with Gasteiger partial charge in [-0.25, -0.2) is 14.2 Å². The van der Waals surface area contributed by atoms with Gasteiger partial charge in [0, 0.05) is 5.56 Å². The number of carboxylic acid groups (broad SMARTS) is 1. The highest BCUT2D eigenvalue weighted by atomic mass is 32.1. The summed E-state index contributed by atoms with van der Waals surface area (Å²) in [6.45, 7) is 1.95. The minimum atomic E-state index is -1.00. The summed E-state index contributed by atoms with van der Waals surface area (Å²) in [5.41, 5.74) is 0.889. The van der Waals surface area contributed by atoms with Crippen molar-refractivity contribution in [2.45, 2.75) is 19.8 Å². The molecule has 0 unspecified atom stereocenters. The summed E-state index contributed by atoms with van der Waals surface area (Å²) in [5, 5.41) is 9.52. The molecule has 0 atom stereocenters. The van der Waals surface area contributed by atoms with Crippen molar-refractivity contribution < 1.29 is 14.3 Å². The minimum absolute atomic E-state index is 0.204. The molecular weight excluding hydrogens is 253 g/mol. The summed E-state index contributed by atoms with van der Waals surface area (Å²) < 4.78 is 13.6. The Morgan fingerprint density at radius 2 is 2.17 bits per heavy atom. The van der Waals surface area contributed by atoms with Gasteiger partial charge in [-0.2, -0.15) is 0 Å². The Hall–Kier alpha value is -1.75. The number of carbonyl (C=O) groups is 1. The second-order valence-electron chi connectivity index (χ2n) is 3.83. The number of hydrogen-bond acceptors (Lipinski definition) is 3. The van der Waals surface area contributed by atoms with Crippen LogP contribution in [0, 0.1) is 5.82 Å². The van der Waals surface area contributed by atoms with Crippen LogP contribution in [0.25, 0.3) is 10.6 Å². The quantitative estimate of drug-likeness (QED) is 0.918. The fraction of sp³-hybridized carbons (Fsp3) is 0.231. The Morgan fingerprint density at radius 1 is 1.44 bits per heavy atom. The van der Waals surface area contributed by atoms with Crippen molar-refractivity contribution in [2.75, 3.05) is 0 Å². The predicted molar refractivity (Wildman–Crippen MR) is 68.5 cm³/mol. The van der Waals surface area contributed by atoms with Gasteiger partial charge in [-0.1, -0.05) is 25.5 Å². The number of rotatable bonds is 4. The molecule has 0 saturated heterocycles. The molecule has 0 amide bonds. The van der Waals surface area contributed by atoms with Crippen molar-refractivity contribution in [3.05, 3.63) is 40.7 Å². The number of aromatic carboxylic acids is 1. The standard InChI is InChI=1S/C13H12FNO2S/c1-2-5-10-11(13(16)17)18-12(15-10)8-6-3-4-7-9(8)14/h3-4,6-7H,2,5H2,1H3,(H,16,17). The number of thiazole rings is 1. The number of carboxylic acids is 1. The average molecular weight is 265 g/mol. The molecule has 1 N–H and O–H groups in total. The third-order valence-electron chi connectivity index (χ3n) is 2.48. The monoisotopic (exact) mass is 265 g/mol. The molecule has 2 rings (SSSR count). The van der Waals surface area contributed by atoms with Crippen LogP contribution in [-0.4, -0.2) is 16.1 Å². The molecule has 18 heavy (non-hydrogen) atoms. The number of aryl methyl sites for hydroxylation is 1. The van der Waals surface area contributed by atoms with E-state index in [1.54, 1.807) is 18.2 Å². The van der Waals surface area contributed by atoms with Gasteiger partial charge >= 0.3 is 5.97 Å². The molecule has 0 aliphatic rings. The molecular formula is C13H12FNO2S. The van der Waals surface area contributed by atoms with E-state index in [2.05, 4.69) is 4.98 Å². The highest BCUT2D eigenvalue weighted by Crippen LogP contribution is 2.30. The van der Waals surface area contributed by atoms with E-state index in [1.165, 1.54) is 6.07 Å². The SMILES string of the molecule is CCCc1nc(-c2ccccc2F)sc1C(=O)O. The van der Waals surface area contributed by atoms with Crippen LogP contribution in [0.2, 0.25) is 0 Å². The molecule has 2 aromatic rings. The number of aromatic nitrogens is 1. The number of hydrogen-bond donors (Lipinski definition) is 1. The van der Waals surface area contributed by atoms with Crippen molar-refractivity contribution in [1.29, 1.82) is 0 Å². The summed E-state index contributed by atoms with van der Waals surface area (Å²) in [6, 6.07) is 6.25. The van der Waals surface area contributed by atoms with Gasteiger partial charge in [-0.05, 0) is 18.6 Å².